The van der Waals surface area contributed by atoms with Crippen LogP contribution in [0.25, 0.3) is 0 Å². The summed E-state index contributed by atoms with van der Waals surface area (Å²) in [7, 11) is -2.82. The van der Waals surface area contributed by atoms with Gasteiger partial charge in [-0.15, -0.1) is 0 Å². The van der Waals surface area contributed by atoms with Crippen LogP contribution < -0.4 is 9.42 Å². The van der Waals surface area contributed by atoms with Gasteiger partial charge in [-0.25, -0.2) is 0 Å². The fourth-order valence-electron chi connectivity index (χ4n) is 1.15. The van der Waals surface area contributed by atoms with Crippen LogP contribution in [-0.4, -0.2) is 29.6 Å². The van der Waals surface area contributed by atoms with Crippen molar-refractivity contribution < 1.29 is 14.0 Å². The molecule has 0 N–H and O–H groups in total. The van der Waals surface area contributed by atoms with Gasteiger partial charge in [0.1, 0.15) is 0 Å². The summed E-state index contributed by atoms with van der Waals surface area (Å²) in [5, 5.41) is 0. The Labute approximate surface area is 113 Å². The molecule has 15 heavy (non-hydrogen) atoms. The van der Waals surface area contributed by atoms with E-state index in [1.165, 1.54) is 0 Å². The van der Waals surface area contributed by atoms with E-state index >= 15 is 0 Å². The summed E-state index contributed by atoms with van der Waals surface area (Å²) >= 11 is 0. The third kappa shape index (κ3) is 4.62. The average Bonchev–Trinajstić information content (AvgIpc) is 2.07. The monoisotopic (exact) mass is 235 g/mol. The van der Waals surface area contributed by atoms with Crippen LogP contribution in [0.3, 0.4) is 0 Å². The first-order chi connectivity index (χ1) is 6.50. The SMILES string of the molecule is Cc1ccc(C(C)C)cc1O[P+](=O)[O-].[Na]. The first-order valence-electron chi connectivity index (χ1n) is 4.43. The van der Waals surface area contributed by atoms with Crippen molar-refractivity contribution in [2.75, 3.05) is 0 Å². The maximum absolute atomic E-state index is 10.4. The summed E-state index contributed by atoms with van der Waals surface area (Å²) in [6.45, 7) is 5.91. The molecular weight excluding hydrogens is 222 g/mol. The van der Waals surface area contributed by atoms with E-state index in [0.717, 1.165) is 11.1 Å². The van der Waals surface area contributed by atoms with Crippen LogP contribution in [0.5, 0.6) is 5.75 Å². The molecular formula is C10H13NaO3P. The largest absolute Gasteiger partial charge is 0.558 e. The van der Waals surface area contributed by atoms with Crippen molar-refractivity contribution in [2.24, 2.45) is 0 Å². The van der Waals surface area contributed by atoms with E-state index in [4.69, 9.17) is 0 Å². The van der Waals surface area contributed by atoms with Gasteiger partial charge in [-0.05, 0) is 34.6 Å². The minimum absolute atomic E-state index is 0. The van der Waals surface area contributed by atoms with Crippen molar-refractivity contribution >= 4 is 37.8 Å². The minimum Gasteiger partial charge on any atom is -0.558 e. The normalized spacial score (nSPS) is 10.9. The molecule has 0 spiro atoms. The van der Waals surface area contributed by atoms with Crippen molar-refractivity contribution in [2.45, 2.75) is 26.7 Å². The number of aryl methyl sites for hydroxylation is 1. The van der Waals surface area contributed by atoms with Crippen LogP contribution in [0.2, 0.25) is 0 Å². The minimum atomic E-state index is -2.82. The van der Waals surface area contributed by atoms with Gasteiger partial charge in [0, 0.05) is 29.6 Å². The van der Waals surface area contributed by atoms with Crippen LogP contribution in [0.15, 0.2) is 18.2 Å². The zero-order valence-electron chi connectivity index (χ0n) is 9.48. The molecule has 1 radical (unpaired) electrons. The standard InChI is InChI=1S/C10H13O3P.Na/c1-7(2)9-5-4-8(3)10(6-9)13-14(11)12;/h4-7H,1-3H3;. The van der Waals surface area contributed by atoms with Crippen LogP contribution in [-0.2, 0) is 4.57 Å². The molecule has 0 aliphatic heterocycles. The molecule has 0 saturated carbocycles. The number of rotatable bonds is 3. The summed E-state index contributed by atoms with van der Waals surface area (Å²) in [6, 6.07) is 5.61. The molecule has 0 amide bonds. The molecule has 0 aliphatic carbocycles. The molecule has 0 aromatic heterocycles. The second-order valence-electron chi connectivity index (χ2n) is 3.49. The Kier molecular flexibility index (Phi) is 6.65. The smallest absolute Gasteiger partial charge is 0.539 e. The van der Waals surface area contributed by atoms with Gasteiger partial charge in [0.15, 0.2) is 5.75 Å². The maximum atomic E-state index is 10.4. The zero-order valence-corrected chi connectivity index (χ0v) is 12.4. The Morgan fingerprint density at radius 3 is 2.47 bits per heavy atom. The Morgan fingerprint density at radius 1 is 1.40 bits per heavy atom. The first kappa shape index (κ1) is 15.1. The molecule has 1 unspecified atom stereocenters. The molecule has 0 saturated heterocycles. The maximum Gasteiger partial charge on any atom is 0.539 e. The number of hydrogen-bond donors (Lipinski definition) is 0. The topological polar surface area (TPSA) is 49.4 Å². The van der Waals surface area contributed by atoms with E-state index in [-0.39, 0.29) is 29.6 Å². The Morgan fingerprint density at radius 2 is 2.00 bits per heavy atom. The summed E-state index contributed by atoms with van der Waals surface area (Å²) in [4.78, 5) is 10.4. The molecule has 1 atom stereocenters. The summed E-state index contributed by atoms with van der Waals surface area (Å²) in [5.41, 5.74) is 1.90. The molecule has 3 nitrogen and oxygen atoms in total. The molecule has 1 aromatic rings. The second-order valence-corrected chi connectivity index (χ2v) is 4.12. The van der Waals surface area contributed by atoms with E-state index in [0.29, 0.717) is 11.7 Å². The predicted octanol–water partition coefficient (Wildman–Crippen LogP) is 2.13. The third-order valence-corrected chi connectivity index (χ3v) is 2.40. The van der Waals surface area contributed by atoms with Crippen LogP contribution >= 0.6 is 8.25 Å². The van der Waals surface area contributed by atoms with Gasteiger partial charge >= 0.3 is 8.25 Å². The van der Waals surface area contributed by atoms with Gasteiger partial charge in [0.25, 0.3) is 0 Å². The molecule has 0 bridgehead atoms. The van der Waals surface area contributed by atoms with E-state index in [2.05, 4.69) is 4.52 Å². The van der Waals surface area contributed by atoms with Crippen molar-refractivity contribution in [1.82, 2.24) is 0 Å². The van der Waals surface area contributed by atoms with Crippen LogP contribution in [0.1, 0.15) is 30.9 Å². The predicted molar refractivity (Wildman–Crippen MR) is 59.3 cm³/mol. The summed E-state index contributed by atoms with van der Waals surface area (Å²) in [5.74, 6) is 0.787. The Hall–Kier alpha value is 0.0800. The second kappa shape index (κ2) is 6.62. The van der Waals surface area contributed by atoms with Gasteiger partial charge < -0.3 is 4.89 Å². The summed E-state index contributed by atoms with van der Waals surface area (Å²) in [6.07, 6.45) is 0. The molecule has 5 heteroatoms. The first-order valence-corrected chi connectivity index (χ1v) is 5.53. The third-order valence-electron chi connectivity index (χ3n) is 2.05. The van der Waals surface area contributed by atoms with Crippen molar-refractivity contribution in [3.05, 3.63) is 29.3 Å². The van der Waals surface area contributed by atoms with Gasteiger partial charge in [0.2, 0.25) is 0 Å². The molecule has 1 rings (SSSR count). The Balaban J connectivity index is 0.00000196. The zero-order chi connectivity index (χ0) is 10.7. The quantitative estimate of drug-likeness (QED) is 0.595. The van der Waals surface area contributed by atoms with Crippen LogP contribution in [0.4, 0.5) is 0 Å². The van der Waals surface area contributed by atoms with Gasteiger partial charge in [0.05, 0.1) is 0 Å². The van der Waals surface area contributed by atoms with E-state index in [1.807, 2.05) is 32.9 Å². The molecule has 77 valence electrons. The van der Waals surface area contributed by atoms with Crippen LogP contribution in [0, 0.1) is 6.92 Å². The van der Waals surface area contributed by atoms with Crippen molar-refractivity contribution in [3.8, 4) is 5.75 Å². The average molecular weight is 235 g/mol. The number of hydrogen-bond acceptors (Lipinski definition) is 3. The fourth-order valence-corrected chi connectivity index (χ4v) is 1.51. The van der Waals surface area contributed by atoms with Crippen molar-refractivity contribution in [3.63, 3.8) is 0 Å². The Bertz CT molecular complexity index is 353. The van der Waals surface area contributed by atoms with E-state index < -0.39 is 8.25 Å². The fraction of sp³-hybridized carbons (Fsp3) is 0.400. The molecule has 0 fully saturated rings. The van der Waals surface area contributed by atoms with Gasteiger partial charge in [-0.1, -0.05) is 26.0 Å². The van der Waals surface area contributed by atoms with Gasteiger partial charge in [-0.3, -0.25) is 4.52 Å². The molecule has 0 heterocycles. The summed E-state index contributed by atoms with van der Waals surface area (Å²) < 4.78 is 15.1. The van der Waals surface area contributed by atoms with E-state index in [1.54, 1.807) is 6.07 Å². The molecule has 0 aliphatic rings. The van der Waals surface area contributed by atoms with Gasteiger partial charge in [-0.2, -0.15) is 0 Å². The van der Waals surface area contributed by atoms with Crippen molar-refractivity contribution in [1.29, 1.82) is 0 Å². The molecule has 1 aromatic carbocycles. The van der Waals surface area contributed by atoms with E-state index in [9.17, 15) is 9.46 Å². The number of benzene rings is 1.